The van der Waals surface area contributed by atoms with Gasteiger partial charge in [0.05, 0.1) is 5.25 Å². The van der Waals surface area contributed by atoms with E-state index in [0.29, 0.717) is 6.04 Å². The highest BCUT2D eigenvalue weighted by atomic mass is 35.5. The van der Waals surface area contributed by atoms with Gasteiger partial charge in [0.15, 0.2) is 0 Å². The first-order valence-electron chi connectivity index (χ1n) is 7.04. The molecule has 1 atom stereocenters. The third-order valence-electron chi connectivity index (χ3n) is 3.90. The third kappa shape index (κ3) is 3.13. The van der Waals surface area contributed by atoms with E-state index in [-0.39, 0.29) is 11.2 Å². The van der Waals surface area contributed by atoms with Crippen molar-refractivity contribution in [2.24, 2.45) is 0 Å². The molecule has 3 nitrogen and oxygen atoms in total. The van der Waals surface area contributed by atoms with Gasteiger partial charge in [-0.15, -0.1) is 11.8 Å². The highest BCUT2D eigenvalue weighted by Crippen LogP contribution is 2.33. The molecule has 1 amide bonds. The van der Waals surface area contributed by atoms with Crippen LogP contribution in [0.2, 0.25) is 5.02 Å². The van der Waals surface area contributed by atoms with Crippen LogP contribution >= 0.6 is 23.4 Å². The lowest BCUT2D eigenvalue weighted by molar-refractivity contribution is -0.130. The summed E-state index contributed by atoms with van der Waals surface area (Å²) in [7, 11) is 0. The maximum atomic E-state index is 12.5. The number of hydrogen-bond donors (Lipinski definition) is 0. The second-order valence-electron chi connectivity index (χ2n) is 5.23. The summed E-state index contributed by atoms with van der Waals surface area (Å²) < 4.78 is 5.37. The number of benzene rings is 1. The highest BCUT2D eigenvalue weighted by Gasteiger charge is 2.36. The Morgan fingerprint density at radius 3 is 2.80 bits per heavy atom. The Kier molecular flexibility index (Phi) is 4.54. The summed E-state index contributed by atoms with van der Waals surface area (Å²) in [5, 5.41) is 0.762. The normalized spacial score (nSPS) is 24.4. The van der Waals surface area contributed by atoms with Crippen molar-refractivity contribution in [3.63, 3.8) is 0 Å². The maximum absolute atomic E-state index is 12.5. The second-order valence-corrected chi connectivity index (χ2v) is 6.94. The van der Waals surface area contributed by atoms with Gasteiger partial charge in [0.25, 0.3) is 0 Å². The molecule has 0 bridgehead atoms. The number of ether oxygens (including phenoxy) is 1. The first kappa shape index (κ1) is 14.2. The van der Waals surface area contributed by atoms with Crippen molar-refractivity contribution in [3.05, 3.63) is 29.3 Å². The average Bonchev–Trinajstić information content (AvgIpc) is 2.81. The van der Waals surface area contributed by atoms with Crippen LogP contribution in [0.1, 0.15) is 19.3 Å². The van der Waals surface area contributed by atoms with Crippen LogP contribution in [0.3, 0.4) is 0 Å². The van der Waals surface area contributed by atoms with Gasteiger partial charge >= 0.3 is 0 Å². The number of amides is 1. The van der Waals surface area contributed by atoms with E-state index in [1.54, 1.807) is 11.8 Å². The monoisotopic (exact) mass is 311 g/mol. The number of rotatable bonds is 3. The molecule has 5 heteroatoms. The summed E-state index contributed by atoms with van der Waals surface area (Å²) in [6.07, 6.45) is 2.87. The quantitative estimate of drug-likeness (QED) is 0.858. The minimum Gasteiger partial charge on any atom is -0.381 e. The summed E-state index contributed by atoms with van der Waals surface area (Å²) in [5.74, 6) is 0.280. The van der Waals surface area contributed by atoms with E-state index in [0.717, 1.165) is 48.9 Å². The first-order valence-corrected chi connectivity index (χ1v) is 8.30. The minimum absolute atomic E-state index is 0.0383. The Labute approximate surface area is 128 Å². The van der Waals surface area contributed by atoms with Gasteiger partial charge in [0.2, 0.25) is 5.91 Å². The standard InChI is InChI=1S/C15H18ClNO2S/c16-11-2-1-3-13(10-11)20-14-4-7-17(15(14)18)12-5-8-19-9-6-12/h1-3,10,12,14H,4-9H2. The number of likely N-dealkylation sites (tertiary alicyclic amines) is 1. The first-order chi connectivity index (χ1) is 9.74. The zero-order chi connectivity index (χ0) is 13.9. The summed E-state index contributed by atoms with van der Waals surface area (Å²) in [6.45, 7) is 2.43. The molecule has 2 aliphatic rings. The number of thioether (sulfide) groups is 1. The summed E-state index contributed by atoms with van der Waals surface area (Å²) in [6, 6.07) is 8.11. The van der Waals surface area contributed by atoms with Crippen LogP contribution in [0, 0.1) is 0 Å². The fraction of sp³-hybridized carbons (Fsp3) is 0.533. The summed E-state index contributed by atoms with van der Waals surface area (Å²) in [5.41, 5.74) is 0. The van der Waals surface area contributed by atoms with Crippen LogP contribution in [0.4, 0.5) is 0 Å². The van der Waals surface area contributed by atoms with Crippen molar-refractivity contribution >= 4 is 29.3 Å². The molecule has 20 heavy (non-hydrogen) atoms. The maximum Gasteiger partial charge on any atom is 0.236 e. The lowest BCUT2D eigenvalue weighted by Crippen LogP contribution is -2.41. The van der Waals surface area contributed by atoms with E-state index >= 15 is 0 Å². The molecular weight excluding hydrogens is 294 g/mol. The molecule has 0 aliphatic carbocycles. The molecule has 0 aromatic heterocycles. The van der Waals surface area contributed by atoms with Gasteiger partial charge < -0.3 is 9.64 Å². The van der Waals surface area contributed by atoms with Crippen LogP contribution in [0.25, 0.3) is 0 Å². The molecule has 1 aromatic carbocycles. The predicted octanol–water partition coefficient (Wildman–Crippen LogP) is 3.21. The van der Waals surface area contributed by atoms with Crippen LogP contribution in [-0.2, 0) is 9.53 Å². The molecule has 108 valence electrons. The molecule has 1 unspecified atom stereocenters. The van der Waals surface area contributed by atoms with E-state index in [2.05, 4.69) is 4.90 Å². The molecule has 1 aromatic rings. The van der Waals surface area contributed by atoms with Gasteiger partial charge in [-0.2, -0.15) is 0 Å². The number of carbonyl (C=O) groups is 1. The fourth-order valence-electron chi connectivity index (χ4n) is 2.85. The zero-order valence-electron chi connectivity index (χ0n) is 11.3. The fourth-order valence-corrected chi connectivity index (χ4v) is 4.24. The summed E-state index contributed by atoms with van der Waals surface area (Å²) in [4.78, 5) is 15.7. The molecule has 3 rings (SSSR count). The minimum atomic E-state index is 0.0383. The molecule has 2 heterocycles. The molecule has 2 saturated heterocycles. The van der Waals surface area contributed by atoms with Gasteiger partial charge in [-0.05, 0) is 37.5 Å². The van der Waals surface area contributed by atoms with E-state index < -0.39 is 0 Å². The van der Waals surface area contributed by atoms with Crippen molar-refractivity contribution in [2.45, 2.75) is 35.4 Å². The van der Waals surface area contributed by atoms with Crippen LogP contribution in [-0.4, -0.2) is 41.9 Å². The molecule has 0 radical (unpaired) electrons. The lowest BCUT2D eigenvalue weighted by atomic mass is 10.1. The Hall–Kier alpha value is -0.710. The Morgan fingerprint density at radius 1 is 1.25 bits per heavy atom. The summed E-state index contributed by atoms with van der Waals surface area (Å²) >= 11 is 7.63. The van der Waals surface area contributed by atoms with Gasteiger partial charge in [-0.25, -0.2) is 0 Å². The molecule has 0 N–H and O–H groups in total. The molecule has 2 aliphatic heterocycles. The Bertz CT molecular complexity index is 491. The van der Waals surface area contributed by atoms with Gasteiger partial charge in [0, 0.05) is 35.7 Å². The van der Waals surface area contributed by atoms with Crippen molar-refractivity contribution in [3.8, 4) is 0 Å². The molecule has 2 fully saturated rings. The smallest absolute Gasteiger partial charge is 0.236 e. The number of halogens is 1. The molecular formula is C15H18ClNO2S. The largest absolute Gasteiger partial charge is 0.381 e. The highest BCUT2D eigenvalue weighted by molar-refractivity contribution is 8.00. The lowest BCUT2D eigenvalue weighted by Gasteiger charge is -2.31. The van der Waals surface area contributed by atoms with Crippen LogP contribution in [0.15, 0.2) is 29.2 Å². The average molecular weight is 312 g/mol. The van der Waals surface area contributed by atoms with Gasteiger partial charge in [-0.3, -0.25) is 4.79 Å². The van der Waals surface area contributed by atoms with E-state index in [9.17, 15) is 4.79 Å². The van der Waals surface area contributed by atoms with Gasteiger partial charge in [0.1, 0.15) is 0 Å². The van der Waals surface area contributed by atoms with Crippen LogP contribution < -0.4 is 0 Å². The van der Waals surface area contributed by atoms with Crippen molar-refractivity contribution in [1.29, 1.82) is 0 Å². The Balaban J connectivity index is 1.63. The SMILES string of the molecule is O=C1C(Sc2cccc(Cl)c2)CCN1C1CCOCC1. The molecule has 0 spiro atoms. The van der Waals surface area contributed by atoms with Crippen molar-refractivity contribution in [1.82, 2.24) is 4.90 Å². The van der Waals surface area contributed by atoms with Gasteiger partial charge in [-0.1, -0.05) is 17.7 Å². The van der Waals surface area contributed by atoms with Crippen molar-refractivity contribution < 1.29 is 9.53 Å². The Morgan fingerprint density at radius 2 is 2.05 bits per heavy atom. The second kappa shape index (κ2) is 6.37. The number of nitrogens with zero attached hydrogens (tertiary/aromatic N) is 1. The number of carbonyl (C=O) groups excluding carboxylic acids is 1. The van der Waals surface area contributed by atoms with E-state index in [1.807, 2.05) is 24.3 Å². The van der Waals surface area contributed by atoms with Crippen molar-refractivity contribution in [2.75, 3.05) is 19.8 Å². The third-order valence-corrected chi connectivity index (χ3v) is 5.38. The zero-order valence-corrected chi connectivity index (χ0v) is 12.8. The van der Waals surface area contributed by atoms with E-state index in [1.165, 1.54) is 0 Å². The number of hydrogen-bond acceptors (Lipinski definition) is 3. The molecule has 0 saturated carbocycles. The van der Waals surface area contributed by atoms with Crippen LogP contribution in [0.5, 0.6) is 0 Å². The predicted molar refractivity (Wildman–Crippen MR) is 81.3 cm³/mol. The van der Waals surface area contributed by atoms with E-state index in [4.69, 9.17) is 16.3 Å². The topological polar surface area (TPSA) is 29.5 Å².